The number of esters is 2. The van der Waals surface area contributed by atoms with Crippen LogP contribution < -0.4 is 21.2 Å². The predicted octanol–water partition coefficient (Wildman–Crippen LogP) is 10.4. The molecule has 0 amide bonds. The molecule has 10 heteroatoms. The molecular weight excluding hydrogens is 813 g/mol. The quantitative estimate of drug-likeness (QED) is 0.0615. The number of fused-ring (bicyclic) bond motifs is 8. The lowest BCUT2D eigenvalue weighted by molar-refractivity contribution is -0.144. The number of rotatable bonds is 21. The van der Waals surface area contributed by atoms with Crippen LogP contribution >= 0.6 is 0 Å². The lowest BCUT2D eigenvalue weighted by Crippen LogP contribution is -2.38. The summed E-state index contributed by atoms with van der Waals surface area (Å²) in [6.07, 6.45) is 19.1. The smallest absolute Gasteiger partial charge is 0.320 e. The fourth-order valence-corrected chi connectivity index (χ4v) is 11.9. The zero-order chi connectivity index (χ0) is 47.3. The predicted molar refractivity (Wildman–Crippen MR) is 263 cm³/mol. The van der Waals surface area contributed by atoms with Crippen LogP contribution in [0.15, 0.2) is 11.4 Å². The summed E-state index contributed by atoms with van der Waals surface area (Å²) in [4.78, 5) is 47.8. The number of H-pyrrole nitrogens is 2. The average Bonchev–Trinajstić information content (AvgIpc) is 4.00. The molecule has 5 heterocycles. The van der Waals surface area contributed by atoms with Gasteiger partial charge in [0.25, 0.3) is 0 Å². The van der Waals surface area contributed by atoms with Crippen molar-refractivity contribution in [3.05, 3.63) is 55.7 Å². The molecule has 1 aliphatic carbocycles. The Kier molecular flexibility index (Phi) is 17.0. The fourth-order valence-electron chi connectivity index (χ4n) is 11.9. The molecule has 2 fully saturated rings. The molecule has 1 unspecified atom stereocenters. The second-order valence-corrected chi connectivity index (χ2v) is 21.4. The topological polar surface area (TPSA) is 146 Å². The van der Waals surface area contributed by atoms with Gasteiger partial charge in [-0.25, -0.2) is 0 Å². The summed E-state index contributed by atoms with van der Waals surface area (Å²) >= 11 is 0. The highest BCUT2D eigenvalue weighted by Gasteiger charge is 2.47. The summed E-state index contributed by atoms with van der Waals surface area (Å²) in [5, 5.41) is 21.0. The van der Waals surface area contributed by atoms with Crippen LogP contribution in [0.3, 0.4) is 0 Å². The lowest BCUT2D eigenvalue weighted by Gasteiger charge is -2.26. The average molecular weight is 897 g/mol. The van der Waals surface area contributed by atoms with E-state index in [2.05, 4.69) is 88.1 Å². The van der Waals surface area contributed by atoms with E-state index in [1.54, 1.807) is 6.92 Å². The molecular formula is C55H84N4O6. The van der Waals surface area contributed by atoms with Crippen molar-refractivity contribution in [2.24, 2.45) is 53.3 Å². The first kappa shape index (κ1) is 50.2. The summed E-state index contributed by atoms with van der Waals surface area (Å²) in [7, 11) is 1.36. The van der Waals surface area contributed by atoms with Crippen LogP contribution in [0.25, 0.3) is 23.5 Å². The molecule has 10 atom stereocenters. The van der Waals surface area contributed by atoms with E-state index in [1.165, 1.54) is 58.5 Å². The molecule has 10 nitrogen and oxygen atoms in total. The van der Waals surface area contributed by atoms with Gasteiger partial charge in [0, 0.05) is 70.0 Å². The number of aromatic nitrogens is 2. The summed E-state index contributed by atoms with van der Waals surface area (Å²) in [6.45, 7) is 24.4. The Balaban J connectivity index is 1.18. The Morgan fingerprint density at radius 1 is 0.815 bits per heavy atom. The monoisotopic (exact) mass is 897 g/mol. The maximum absolute atomic E-state index is 13.7. The Bertz CT molecular complexity index is 2210. The van der Waals surface area contributed by atoms with Crippen LogP contribution in [0.4, 0.5) is 0 Å². The summed E-state index contributed by atoms with van der Waals surface area (Å²) in [5.74, 6) is 1.52. The molecule has 8 bridgehead atoms. The van der Waals surface area contributed by atoms with Gasteiger partial charge in [-0.15, -0.1) is 0 Å². The molecule has 2 aromatic heterocycles. The number of aliphatic hydroxyl groups is 1. The van der Waals surface area contributed by atoms with Gasteiger partial charge < -0.3 is 35.2 Å². The van der Waals surface area contributed by atoms with Crippen molar-refractivity contribution in [3.63, 3.8) is 0 Å². The maximum Gasteiger partial charge on any atom is 0.320 e. The van der Waals surface area contributed by atoms with Crippen molar-refractivity contribution in [1.29, 1.82) is 0 Å². The van der Waals surface area contributed by atoms with E-state index >= 15 is 0 Å². The van der Waals surface area contributed by atoms with Gasteiger partial charge in [-0.3, -0.25) is 14.4 Å². The molecule has 6 rings (SSSR count). The van der Waals surface area contributed by atoms with E-state index in [4.69, 9.17) is 9.47 Å². The van der Waals surface area contributed by atoms with Crippen LogP contribution in [0.1, 0.15) is 184 Å². The highest BCUT2D eigenvalue weighted by molar-refractivity contribution is 5.98. The zero-order valence-corrected chi connectivity index (χ0v) is 42.1. The van der Waals surface area contributed by atoms with Crippen molar-refractivity contribution >= 4 is 41.2 Å². The summed E-state index contributed by atoms with van der Waals surface area (Å²) in [5.41, 5.74) is 7.97. The van der Waals surface area contributed by atoms with Gasteiger partial charge in [-0.05, 0) is 104 Å². The van der Waals surface area contributed by atoms with Gasteiger partial charge in [-0.1, -0.05) is 113 Å². The Morgan fingerprint density at radius 3 is 2.02 bits per heavy atom. The number of hydrogen-bond donors (Lipinski definition) is 5. The summed E-state index contributed by atoms with van der Waals surface area (Å²) < 4.78 is 11.3. The molecule has 0 radical (unpaired) electrons. The van der Waals surface area contributed by atoms with Gasteiger partial charge in [0.2, 0.25) is 0 Å². The first-order valence-corrected chi connectivity index (χ1v) is 25.5. The second-order valence-electron chi connectivity index (χ2n) is 21.4. The lowest BCUT2D eigenvalue weighted by atomic mass is 9.80. The SMILES string of the molecule is CC[C@H]1/C2=C/c3[nH]c4c(c3C)=C(O)[C@H](C(=O)OC)C=4[C@H]3N/C(=C\c4[nH]c(c(C(C)=O)c4C)C[C@H](N2)[C@@H]1C)[C@@H](C)[C@@H]3CCC(=O)OCCC(C)CCC[C@H](C)CCC[C@H](C)CCCC(C)C. The van der Waals surface area contributed by atoms with Crippen molar-refractivity contribution in [2.75, 3.05) is 13.7 Å². The van der Waals surface area contributed by atoms with Crippen molar-refractivity contribution in [3.8, 4) is 0 Å². The number of nitrogens with one attached hydrogen (secondary N) is 4. The number of methoxy groups -OCH3 is 1. The summed E-state index contributed by atoms with van der Waals surface area (Å²) in [6, 6.07) is -0.307. The van der Waals surface area contributed by atoms with Crippen molar-refractivity contribution < 1.29 is 29.0 Å². The van der Waals surface area contributed by atoms with Crippen LogP contribution in [-0.2, 0) is 25.5 Å². The number of aliphatic hydroxyl groups excluding tert-OH is 1. The standard InChI is InChI=1S/C55H84N4O6/c1-13-39-34(7)41-29-46-48(38(11)60)36(9)43(57-46)27-42-35(8)40(52(58-42)50-51(55(63)64-12)54(62)49-37(10)44(59-53(49)50)28-45(39)56-41)23-24-47(61)65-26-25-33(6)22-16-21-32(5)20-15-19-31(4)18-14-17-30(2)3/h27-28,30-35,39-41,51-52,56-59,62H,13-26,29H2,1-12H3/b42-27-,45-28-/t31-,32-,33?,34-,35+,39-,40+,41+,51-,52+/m1/s1. The van der Waals surface area contributed by atoms with Crippen molar-refractivity contribution in [2.45, 2.75) is 178 Å². The highest BCUT2D eigenvalue weighted by Crippen LogP contribution is 2.43. The minimum atomic E-state index is -1.00. The van der Waals surface area contributed by atoms with E-state index in [0.717, 1.165) is 93.1 Å². The van der Waals surface area contributed by atoms with E-state index < -0.39 is 17.9 Å². The third-order valence-electron chi connectivity index (χ3n) is 16.1. The number of allylic oxidation sites excluding steroid dienone is 2. The molecule has 2 saturated heterocycles. The van der Waals surface area contributed by atoms with Gasteiger partial charge in [0.1, 0.15) is 11.7 Å². The normalized spacial score (nSPS) is 26.5. The molecule has 0 saturated carbocycles. The van der Waals surface area contributed by atoms with Crippen LogP contribution in [-0.4, -0.2) is 58.6 Å². The van der Waals surface area contributed by atoms with Gasteiger partial charge in [0.15, 0.2) is 5.78 Å². The number of hydrogen-bond acceptors (Lipinski definition) is 8. The fraction of sp³-hybridized carbons (Fsp3) is 0.691. The zero-order valence-electron chi connectivity index (χ0n) is 42.1. The van der Waals surface area contributed by atoms with Gasteiger partial charge >= 0.3 is 11.9 Å². The van der Waals surface area contributed by atoms with E-state index in [1.807, 2.05) is 13.8 Å². The Hall–Kier alpha value is -4.21. The van der Waals surface area contributed by atoms with Crippen LogP contribution in [0.5, 0.6) is 0 Å². The minimum absolute atomic E-state index is 0.0128. The van der Waals surface area contributed by atoms with Crippen LogP contribution in [0.2, 0.25) is 0 Å². The van der Waals surface area contributed by atoms with Gasteiger partial charge in [0.05, 0.1) is 25.1 Å². The third-order valence-corrected chi connectivity index (χ3v) is 16.1. The molecule has 4 aliphatic rings. The van der Waals surface area contributed by atoms with E-state index in [-0.39, 0.29) is 47.7 Å². The first-order chi connectivity index (χ1) is 30.9. The number of aromatic amines is 2. The molecule has 360 valence electrons. The van der Waals surface area contributed by atoms with Gasteiger partial charge in [-0.2, -0.15) is 0 Å². The molecule has 65 heavy (non-hydrogen) atoms. The number of Topliss-reactive ketones (excluding diaryl/α,β-unsaturated/α-hetero) is 1. The highest BCUT2D eigenvalue weighted by atomic mass is 16.5. The molecule has 5 N–H and O–H groups in total. The Morgan fingerprint density at radius 2 is 1.42 bits per heavy atom. The second kappa shape index (κ2) is 22.1. The van der Waals surface area contributed by atoms with E-state index in [0.29, 0.717) is 36.5 Å². The maximum atomic E-state index is 13.7. The Labute approximate surface area is 390 Å². The third kappa shape index (κ3) is 11.3. The molecule has 0 spiro atoms. The van der Waals surface area contributed by atoms with Crippen molar-refractivity contribution in [1.82, 2.24) is 20.6 Å². The number of ether oxygens (including phenoxy) is 2. The van der Waals surface area contributed by atoms with E-state index in [9.17, 15) is 19.5 Å². The molecule has 2 aromatic rings. The molecule has 0 aromatic carbocycles. The minimum Gasteiger partial charge on any atom is -0.510 e. The van der Waals surface area contributed by atoms with Crippen LogP contribution in [0, 0.1) is 67.1 Å². The number of carbonyl (C=O) groups is 3. The number of ketones is 1. The largest absolute Gasteiger partial charge is 0.510 e. The number of carbonyl (C=O) groups excluding carboxylic acids is 3. The molecule has 3 aliphatic heterocycles. The first-order valence-electron chi connectivity index (χ1n) is 25.5.